The largest absolute Gasteiger partial charge is 0.302 e. The minimum absolute atomic E-state index is 0.0275. The molecule has 1 aliphatic heterocycles. The molecule has 0 aliphatic carbocycles. The number of pyridine rings is 1. The second kappa shape index (κ2) is 7.75. The Morgan fingerprint density at radius 3 is 2.77 bits per heavy atom. The first-order valence-corrected chi connectivity index (χ1v) is 10.0. The molecule has 9 nitrogen and oxygen atoms in total. The van der Waals surface area contributed by atoms with Crippen LogP contribution in [-0.2, 0) is 13.6 Å². The van der Waals surface area contributed by atoms with Crippen LogP contribution in [0, 0.1) is 0 Å². The zero-order chi connectivity index (χ0) is 20.5. The lowest BCUT2D eigenvalue weighted by Gasteiger charge is -2.30. The fraction of sp³-hybridized carbons (Fsp3) is 0.333. The van der Waals surface area contributed by atoms with Crippen LogP contribution in [0.3, 0.4) is 0 Å². The van der Waals surface area contributed by atoms with E-state index < -0.39 is 0 Å². The van der Waals surface area contributed by atoms with Gasteiger partial charge in [0.2, 0.25) is 0 Å². The fourth-order valence-electron chi connectivity index (χ4n) is 3.89. The van der Waals surface area contributed by atoms with Gasteiger partial charge in [0.15, 0.2) is 11.5 Å². The molecule has 0 bridgehead atoms. The molecule has 30 heavy (non-hydrogen) atoms. The summed E-state index contributed by atoms with van der Waals surface area (Å²) in [7, 11) is 1.71. The third-order valence-corrected chi connectivity index (χ3v) is 5.62. The van der Waals surface area contributed by atoms with Crippen LogP contribution in [0.1, 0.15) is 30.3 Å². The second-order valence-corrected chi connectivity index (χ2v) is 7.67. The number of aromatic nitrogens is 7. The standard InChI is InChI=1S/C21H22N8O/c1-27-14-23-17(11-20(27)30)13-28-9-6-15(7-10-28)21-25-24-19-5-4-18(26-29(19)21)16-3-2-8-22-12-16/h2-5,8,11-12,14-15H,6-7,9-10,13H2,1H3. The van der Waals surface area contributed by atoms with E-state index in [0.29, 0.717) is 12.5 Å². The molecule has 0 aromatic carbocycles. The van der Waals surface area contributed by atoms with Crippen LogP contribution in [0.5, 0.6) is 0 Å². The second-order valence-electron chi connectivity index (χ2n) is 7.67. The van der Waals surface area contributed by atoms with Gasteiger partial charge in [0.25, 0.3) is 5.56 Å². The summed E-state index contributed by atoms with van der Waals surface area (Å²) in [5.74, 6) is 1.20. The number of likely N-dealkylation sites (tertiary alicyclic amines) is 1. The lowest BCUT2D eigenvalue weighted by atomic mass is 9.96. The van der Waals surface area contributed by atoms with E-state index in [1.54, 1.807) is 25.6 Å². The van der Waals surface area contributed by atoms with Crippen LogP contribution in [0.15, 0.2) is 53.8 Å². The van der Waals surface area contributed by atoms with Crippen molar-refractivity contribution in [2.24, 2.45) is 7.05 Å². The van der Waals surface area contributed by atoms with E-state index in [9.17, 15) is 4.79 Å². The first-order chi connectivity index (χ1) is 14.7. The van der Waals surface area contributed by atoms with Crippen molar-refractivity contribution in [2.45, 2.75) is 25.3 Å². The molecule has 5 rings (SSSR count). The predicted molar refractivity (Wildman–Crippen MR) is 111 cm³/mol. The van der Waals surface area contributed by atoms with Crippen LogP contribution >= 0.6 is 0 Å². The summed E-state index contributed by atoms with van der Waals surface area (Å²) in [6.45, 7) is 2.52. The summed E-state index contributed by atoms with van der Waals surface area (Å²) < 4.78 is 3.35. The average Bonchev–Trinajstić information content (AvgIpc) is 3.21. The lowest BCUT2D eigenvalue weighted by Crippen LogP contribution is -2.34. The average molecular weight is 402 g/mol. The van der Waals surface area contributed by atoms with Gasteiger partial charge in [-0.1, -0.05) is 0 Å². The minimum Gasteiger partial charge on any atom is -0.302 e. The Hall–Kier alpha value is -3.46. The molecule has 0 saturated carbocycles. The highest BCUT2D eigenvalue weighted by atomic mass is 16.1. The van der Waals surface area contributed by atoms with E-state index in [1.807, 2.05) is 35.0 Å². The monoisotopic (exact) mass is 402 g/mol. The van der Waals surface area contributed by atoms with Gasteiger partial charge in [-0.3, -0.25) is 14.7 Å². The van der Waals surface area contributed by atoms with E-state index in [0.717, 1.165) is 54.4 Å². The summed E-state index contributed by atoms with van der Waals surface area (Å²) in [4.78, 5) is 22.7. The molecule has 9 heteroatoms. The number of hydrogen-bond donors (Lipinski definition) is 0. The van der Waals surface area contributed by atoms with Gasteiger partial charge in [0.05, 0.1) is 17.7 Å². The number of nitrogens with zero attached hydrogens (tertiary/aromatic N) is 8. The van der Waals surface area contributed by atoms with E-state index in [2.05, 4.69) is 25.1 Å². The molecule has 1 fully saturated rings. The summed E-state index contributed by atoms with van der Waals surface area (Å²) >= 11 is 0. The highest BCUT2D eigenvalue weighted by Crippen LogP contribution is 2.28. The first kappa shape index (κ1) is 18.6. The van der Waals surface area contributed by atoms with Gasteiger partial charge in [0.1, 0.15) is 0 Å². The number of rotatable bonds is 4. The molecular weight excluding hydrogens is 380 g/mol. The van der Waals surface area contributed by atoms with Crippen molar-refractivity contribution < 1.29 is 0 Å². The number of aryl methyl sites for hydroxylation is 1. The maximum atomic E-state index is 11.8. The van der Waals surface area contributed by atoms with Crippen LogP contribution in [0.4, 0.5) is 0 Å². The van der Waals surface area contributed by atoms with Crippen LogP contribution in [-0.4, -0.2) is 52.3 Å². The molecule has 0 N–H and O–H groups in total. The molecular formula is C21H22N8O. The van der Waals surface area contributed by atoms with Gasteiger partial charge in [-0.25, -0.2) is 4.98 Å². The molecule has 152 valence electrons. The van der Waals surface area contributed by atoms with Crippen LogP contribution in [0.25, 0.3) is 16.9 Å². The molecule has 0 radical (unpaired) electrons. The Morgan fingerprint density at radius 2 is 2.00 bits per heavy atom. The quantitative estimate of drug-likeness (QED) is 0.512. The van der Waals surface area contributed by atoms with Crippen molar-refractivity contribution in [1.29, 1.82) is 0 Å². The van der Waals surface area contributed by atoms with E-state index in [4.69, 9.17) is 5.10 Å². The molecule has 0 amide bonds. The topological polar surface area (TPSA) is 94.1 Å². The predicted octanol–water partition coefficient (Wildman–Crippen LogP) is 1.66. The number of hydrogen-bond acceptors (Lipinski definition) is 7. The van der Waals surface area contributed by atoms with Crippen molar-refractivity contribution in [3.8, 4) is 11.3 Å². The highest BCUT2D eigenvalue weighted by molar-refractivity contribution is 5.58. The van der Waals surface area contributed by atoms with Crippen molar-refractivity contribution in [1.82, 2.24) is 39.2 Å². The van der Waals surface area contributed by atoms with E-state index in [-0.39, 0.29) is 5.56 Å². The van der Waals surface area contributed by atoms with Crippen LogP contribution < -0.4 is 5.56 Å². The number of piperidine rings is 1. The zero-order valence-electron chi connectivity index (χ0n) is 16.7. The summed E-state index contributed by atoms with van der Waals surface area (Å²) in [5, 5.41) is 13.5. The van der Waals surface area contributed by atoms with Gasteiger partial charge in [-0.2, -0.15) is 9.61 Å². The van der Waals surface area contributed by atoms with E-state index >= 15 is 0 Å². The fourth-order valence-corrected chi connectivity index (χ4v) is 3.89. The molecule has 0 spiro atoms. The Bertz CT molecular complexity index is 1220. The zero-order valence-corrected chi connectivity index (χ0v) is 16.7. The van der Waals surface area contributed by atoms with Crippen molar-refractivity contribution in [2.75, 3.05) is 13.1 Å². The minimum atomic E-state index is -0.0275. The van der Waals surface area contributed by atoms with Gasteiger partial charge in [-0.05, 0) is 50.2 Å². The molecule has 4 aromatic rings. The molecule has 0 atom stereocenters. The maximum absolute atomic E-state index is 11.8. The SMILES string of the molecule is Cn1cnc(CN2CCC(c3nnc4ccc(-c5cccnc5)nn34)CC2)cc1=O. The van der Waals surface area contributed by atoms with Crippen LogP contribution in [0.2, 0.25) is 0 Å². The van der Waals surface area contributed by atoms with Gasteiger partial charge in [0, 0.05) is 43.5 Å². The molecule has 1 saturated heterocycles. The Balaban J connectivity index is 1.32. The summed E-state index contributed by atoms with van der Waals surface area (Å²) in [6, 6.07) is 9.41. The lowest BCUT2D eigenvalue weighted by molar-refractivity contribution is 0.198. The third kappa shape index (κ3) is 3.59. The summed E-state index contributed by atoms with van der Waals surface area (Å²) in [5.41, 5.74) is 3.36. The summed E-state index contributed by atoms with van der Waals surface area (Å²) in [6.07, 6.45) is 7.07. The van der Waals surface area contributed by atoms with Crippen molar-refractivity contribution in [3.63, 3.8) is 0 Å². The van der Waals surface area contributed by atoms with Gasteiger partial charge in [-0.15, -0.1) is 10.2 Å². The first-order valence-electron chi connectivity index (χ1n) is 10.0. The Morgan fingerprint density at radius 1 is 1.13 bits per heavy atom. The highest BCUT2D eigenvalue weighted by Gasteiger charge is 2.25. The maximum Gasteiger partial charge on any atom is 0.253 e. The van der Waals surface area contributed by atoms with Crippen molar-refractivity contribution >= 4 is 5.65 Å². The molecule has 1 aliphatic rings. The van der Waals surface area contributed by atoms with Gasteiger partial charge >= 0.3 is 0 Å². The van der Waals surface area contributed by atoms with E-state index in [1.165, 1.54) is 4.57 Å². The molecule has 5 heterocycles. The number of fused-ring (bicyclic) bond motifs is 1. The molecule has 0 unspecified atom stereocenters. The normalized spacial score (nSPS) is 15.6. The van der Waals surface area contributed by atoms with Crippen molar-refractivity contribution in [3.05, 3.63) is 70.9 Å². The Labute approximate surface area is 173 Å². The Kier molecular flexibility index (Phi) is 4.80. The van der Waals surface area contributed by atoms with Gasteiger partial charge < -0.3 is 4.57 Å². The molecule has 4 aromatic heterocycles. The smallest absolute Gasteiger partial charge is 0.253 e. The third-order valence-electron chi connectivity index (χ3n) is 5.62.